The van der Waals surface area contributed by atoms with Crippen molar-refractivity contribution in [3.63, 3.8) is 0 Å². The van der Waals surface area contributed by atoms with E-state index in [-0.39, 0.29) is 36.4 Å². The number of hydrogen-bond donors (Lipinski definition) is 1. The molecule has 0 aromatic carbocycles. The molecule has 1 saturated carbocycles. The lowest BCUT2D eigenvalue weighted by Gasteiger charge is -2.36. The Hall–Kier alpha value is -2.06. The molecule has 0 radical (unpaired) electrons. The molecule has 2 fully saturated rings. The lowest BCUT2D eigenvalue weighted by atomic mass is 10.1. The predicted octanol–water partition coefficient (Wildman–Crippen LogP) is -0.264. The molecule has 1 amide bonds. The predicted molar refractivity (Wildman–Crippen MR) is 75.2 cm³/mol. The molecule has 8 heteroatoms. The van der Waals surface area contributed by atoms with Gasteiger partial charge in [0, 0.05) is 25.5 Å². The fraction of sp³-hybridized carbons (Fsp3) is 0.571. The minimum atomic E-state index is -0.192. The Bertz CT molecular complexity index is 670. The van der Waals surface area contributed by atoms with Crippen molar-refractivity contribution in [2.75, 3.05) is 19.8 Å². The molecule has 1 saturated heterocycles. The molecule has 3 atom stereocenters. The van der Waals surface area contributed by atoms with Crippen LogP contribution in [-0.2, 0) is 4.74 Å². The Balaban J connectivity index is 1.61. The summed E-state index contributed by atoms with van der Waals surface area (Å²) in [4.78, 5) is 22.8. The molecule has 2 aromatic rings. The van der Waals surface area contributed by atoms with Gasteiger partial charge in [-0.1, -0.05) is 0 Å². The summed E-state index contributed by atoms with van der Waals surface area (Å²) in [6.07, 6.45) is 4.89. The summed E-state index contributed by atoms with van der Waals surface area (Å²) in [7, 11) is 0. The van der Waals surface area contributed by atoms with Crippen LogP contribution in [0.5, 0.6) is 0 Å². The van der Waals surface area contributed by atoms with E-state index in [4.69, 9.17) is 4.74 Å². The molecule has 0 spiro atoms. The second kappa shape index (κ2) is 5.29. The van der Waals surface area contributed by atoms with Crippen LogP contribution in [0.25, 0.3) is 5.78 Å². The highest BCUT2D eigenvalue weighted by molar-refractivity contribution is 5.91. The third-order valence-corrected chi connectivity index (χ3v) is 4.46. The van der Waals surface area contributed by atoms with Gasteiger partial charge in [0.1, 0.15) is 0 Å². The Morgan fingerprint density at radius 3 is 3.18 bits per heavy atom. The Morgan fingerprint density at radius 2 is 2.36 bits per heavy atom. The van der Waals surface area contributed by atoms with E-state index in [0.717, 1.165) is 12.8 Å². The number of aliphatic hydroxyl groups excluding tert-OH is 1. The van der Waals surface area contributed by atoms with Gasteiger partial charge in [0.25, 0.3) is 11.7 Å². The van der Waals surface area contributed by atoms with Gasteiger partial charge in [0.15, 0.2) is 0 Å². The number of ether oxygens (including phenoxy) is 1. The number of nitrogens with zero attached hydrogens (tertiary/aromatic N) is 5. The molecule has 4 rings (SSSR count). The number of aliphatic hydroxyl groups is 1. The van der Waals surface area contributed by atoms with Gasteiger partial charge < -0.3 is 14.7 Å². The number of aromatic nitrogens is 4. The van der Waals surface area contributed by atoms with Gasteiger partial charge >= 0.3 is 0 Å². The van der Waals surface area contributed by atoms with Crippen LogP contribution in [0.3, 0.4) is 0 Å². The van der Waals surface area contributed by atoms with E-state index in [1.807, 2.05) is 0 Å². The van der Waals surface area contributed by atoms with E-state index in [9.17, 15) is 9.90 Å². The van der Waals surface area contributed by atoms with Crippen LogP contribution < -0.4 is 0 Å². The van der Waals surface area contributed by atoms with Crippen molar-refractivity contribution in [2.45, 2.75) is 25.0 Å². The summed E-state index contributed by atoms with van der Waals surface area (Å²) in [5.41, 5.74) is 0. The monoisotopic (exact) mass is 303 g/mol. The van der Waals surface area contributed by atoms with Gasteiger partial charge in [-0.3, -0.25) is 4.79 Å². The summed E-state index contributed by atoms with van der Waals surface area (Å²) >= 11 is 0. The first-order valence-corrected chi connectivity index (χ1v) is 7.47. The molecule has 1 aliphatic carbocycles. The zero-order chi connectivity index (χ0) is 15.1. The molecular formula is C14H17N5O3. The van der Waals surface area contributed by atoms with Crippen molar-refractivity contribution in [2.24, 2.45) is 5.92 Å². The number of fused-ring (bicyclic) bond motifs is 2. The van der Waals surface area contributed by atoms with E-state index < -0.39 is 0 Å². The van der Waals surface area contributed by atoms with Crippen LogP contribution in [0.4, 0.5) is 0 Å². The molecule has 1 aliphatic heterocycles. The molecule has 2 aromatic heterocycles. The van der Waals surface area contributed by atoms with Gasteiger partial charge in [-0.25, -0.2) is 9.50 Å². The third kappa shape index (κ3) is 2.15. The molecule has 3 heterocycles. The molecule has 0 unspecified atom stereocenters. The number of carbonyl (C=O) groups is 1. The van der Waals surface area contributed by atoms with Crippen molar-refractivity contribution >= 4 is 11.7 Å². The Labute approximate surface area is 126 Å². The highest BCUT2D eigenvalue weighted by Gasteiger charge is 2.43. The first-order chi connectivity index (χ1) is 10.8. The smallest absolute Gasteiger partial charge is 0.294 e. The molecule has 8 nitrogen and oxygen atoms in total. The van der Waals surface area contributed by atoms with Crippen molar-refractivity contribution in [3.8, 4) is 0 Å². The maximum Gasteiger partial charge on any atom is 0.294 e. The second-order valence-electron chi connectivity index (χ2n) is 5.79. The Kier molecular flexibility index (Phi) is 3.27. The summed E-state index contributed by atoms with van der Waals surface area (Å²) in [6.45, 7) is 1.17. The third-order valence-electron chi connectivity index (χ3n) is 4.46. The summed E-state index contributed by atoms with van der Waals surface area (Å²) in [5, 5.41) is 13.6. The van der Waals surface area contributed by atoms with Gasteiger partial charge in [-0.15, -0.1) is 5.10 Å². The fourth-order valence-electron chi connectivity index (χ4n) is 3.40. The molecule has 0 bridgehead atoms. The van der Waals surface area contributed by atoms with Crippen LogP contribution in [0.1, 0.15) is 23.5 Å². The summed E-state index contributed by atoms with van der Waals surface area (Å²) in [5.74, 6) is 0.573. The molecular weight excluding hydrogens is 286 g/mol. The first kappa shape index (κ1) is 13.6. The molecule has 2 aliphatic rings. The number of carbonyl (C=O) groups excluding carboxylic acids is 1. The van der Waals surface area contributed by atoms with Crippen LogP contribution in [0, 0.1) is 5.92 Å². The molecule has 1 N–H and O–H groups in total. The van der Waals surface area contributed by atoms with Crippen molar-refractivity contribution in [1.29, 1.82) is 0 Å². The fourth-order valence-corrected chi connectivity index (χ4v) is 3.40. The van der Waals surface area contributed by atoms with Gasteiger partial charge in [-0.2, -0.15) is 4.98 Å². The minimum absolute atomic E-state index is 0.00188. The van der Waals surface area contributed by atoms with Crippen LogP contribution in [-0.4, -0.2) is 67.4 Å². The average molecular weight is 303 g/mol. The van der Waals surface area contributed by atoms with E-state index in [0.29, 0.717) is 18.9 Å². The quantitative estimate of drug-likeness (QED) is 0.821. The van der Waals surface area contributed by atoms with Crippen molar-refractivity contribution < 1.29 is 14.6 Å². The normalized spacial score (nSPS) is 28.0. The van der Waals surface area contributed by atoms with E-state index >= 15 is 0 Å². The van der Waals surface area contributed by atoms with E-state index in [2.05, 4.69) is 15.1 Å². The first-order valence-electron chi connectivity index (χ1n) is 7.47. The summed E-state index contributed by atoms with van der Waals surface area (Å²) in [6, 6.07) is 1.74. The average Bonchev–Trinajstić information content (AvgIpc) is 3.16. The lowest BCUT2D eigenvalue weighted by Crippen LogP contribution is -2.51. The van der Waals surface area contributed by atoms with Gasteiger partial charge in [-0.05, 0) is 24.8 Å². The van der Waals surface area contributed by atoms with E-state index in [1.165, 1.54) is 4.52 Å². The number of rotatable bonds is 2. The zero-order valence-electron chi connectivity index (χ0n) is 12.0. The maximum absolute atomic E-state index is 12.7. The highest BCUT2D eigenvalue weighted by atomic mass is 16.5. The zero-order valence-corrected chi connectivity index (χ0v) is 12.0. The van der Waals surface area contributed by atoms with Crippen LogP contribution in [0.2, 0.25) is 0 Å². The molecule has 116 valence electrons. The molecule has 22 heavy (non-hydrogen) atoms. The van der Waals surface area contributed by atoms with Crippen molar-refractivity contribution in [1.82, 2.24) is 24.5 Å². The van der Waals surface area contributed by atoms with Gasteiger partial charge in [0.05, 0.1) is 18.8 Å². The second-order valence-corrected chi connectivity index (χ2v) is 5.79. The van der Waals surface area contributed by atoms with Crippen molar-refractivity contribution in [3.05, 3.63) is 24.3 Å². The van der Waals surface area contributed by atoms with Crippen LogP contribution >= 0.6 is 0 Å². The lowest BCUT2D eigenvalue weighted by molar-refractivity contribution is -0.0452. The van der Waals surface area contributed by atoms with Crippen LogP contribution in [0.15, 0.2) is 18.5 Å². The minimum Gasteiger partial charge on any atom is -0.396 e. The van der Waals surface area contributed by atoms with E-state index in [1.54, 1.807) is 23.4 Å². The number of hydrogen-bond acceptors (Lipinski definition) is 6. The van der Waals surface area contributed by atoms with Gasteiger partial charge in [0.2, 0.25) is 5.82 Å². The SMILES string of the molecule is O=C(c1nc2ncccn2n1)N1CCO[C@H]2C[C@H](CO)C[C@@H]21. The number of morpholine rings is 1. The highest BCUT2D eigenvalue weighted by Crippen LogP contribution is 2.34. The maximum atomic E-state index is 12.7. The number of amides is 1. The standard InChI is InChI=1S/C14H17N5O3/c20-8-9-6-10-11(7-9)22-5-4-18(10)13(21)12-16-14-15-2-1-3-19(14)17-12/h1-3,9-11,20H,4-8H2/t9-,10+,11+/m1/s1. The largest absolute Gasteiger partial charge is 0.396 e. The summed E-state index contributed by atoms with van der Waals surface area (Å²) < 4.78 is 7.24. The topological polar surface area (TPSA) is 92.9 Å². The Morgan fingerprint density at radius 1 is 1.45 bits per heavy atom.